The van der Waals surface area contributed by atoms with Crippen LogP contribution in [0, 0.1) is 0 Å². The molecule has 1 atom stereocenters. The van der Waals surface area contributed by atoms with Gasteiger partial charge in [0.2, 0.25) is 0 Å². The van der Waals surface area contributed by atoms with Gasteiger partial charge in [0, 0.05) is 18.2 Å². The van der Waals surface area contributed by atoms with Gasteiger partial charge < -0.3 is 15.4 Å². The van der Waals surface area contributed by atoms with Crippen LogP contribution in [-0.2, 0) is 18.0 Å². The number of hydrogen-bond donors (Lipinski definition) is 2. The summed E-state index contributed by atoms with van der Waals surface area (Å²) in [4.78, 5) is 8.49. The quantitative estimate of drug-likeness (QED) is 0.728. The maximum absolute atomic E-state index is 5.36. The zero-order chi connectivity index (χ0) is 10.1. The number of nitrogens with zero attached hydrogens (tertiary/aromatic N) is 2. The van der Waals surface area contributed by atoms with Gasteiger partial charge in [-0.15, -0.1) is 0 Å². The molecule has 1 saturated heterocycles. The average Bonchev–Trinajstić information content (AvgIpc) is 2.87. The van der Waals surface area contributed by atoms with Crippen LogP contribution in [0.25, 0.3) is 0 Å². The molecule has 1 aromatic rings. The molecule has 0 saturated carbocycles. The van der Waals surface area contributed by atoms with E-state index in [4.69, 9.17) is 4.74 Å². The zero-order valence-electron chi connectivity index (χ0n) is 8.49. The van der Waals surface area contributed by atoms with Crippen molar-refractivity contribution in [1.82, 2.24) is 15.3 Å². The van der Waals surface area contributed by atoms with Gasteiger partial charge in [0.1, 0.15) is 12.1 Å². The first kappa shape index (κ1) is 9.06. The highest BCUT2D eigenvalue weighted by molar-refractivity contribution is 5.47. The molecular formula is C10H14N4O. The summed E-state index contributed by atoms with van der Waals surface area (Å²) in [5.41, 5.74) is 2.16. The molecule has 1 aromatic heterocycles. The number of rotatable bonds is 2. The van der Waals surface area contributed by atoms with Gasteiger partial charge >= 0.3 is 0 Å². The summed E-state index contributed by atoms with van der Waals surface area (Å²) in [6.45, 7) is 3.36. The van der Waals surface area contributed by atoms with Crippen molar-refractivity contribution in [2.45, 2.75) is 25.7 Å². The van der Waals surface area contributed by atoms with Gasteiger partial charge in [0.15, 0.2) is 0 Å². The lowest BCUT2D eigenvalue weighted by Gasteiger charge is -2.13. The van der Waals surface area contributed by atoms with Crippen LogP contribution in [0.4, 0.5) is 5.82 Å². The van der Waals surface area contributed by atoms with Crippen LogP contribution in [0.5, 0.6) is 0 Å². The fourth-order valence-corrected chi connectivity index (χ4v) is 2.07. The Labute approximate surface area is 88.3 Å². The van der Waals surface area contributed by atoms with Gasteiger partial charge in [-0.3, -0.25) is 0 Å². The van der Waals surface area contributed by atoms with Gasteiger partial charge in [-0.05, 0) is 13.0 Å². The molecule has 1 unspecified atom stereocenters. The highest BCUT2D eigenvalue weighted by atomic mass is 16.5. The molecule has 0 amide bonds. The molecule has 0 aliphatic carbocycles. The molecule has 0 aromatic carbocycles. The topological polar surface area (TPSA) is 59.1 Å². The Kier molecular flexibility index (Phi) is 2.26. The Morgan fingerprint density at radius 1 is 1.40 bits per heavy atom. The van der Waals surface area contributed by atoms with Gasteiger partial charge in [-0.1, -0.05) is 0 Å². The van der Waals surface area contributed by atoms with Gasteiger partial charge in [-0.2, -0.15) is 0 Å². The summed E-state index contributed by atoms with van der Waals surface area (Å²) < 4.78 is 5.36. The van der Waals surface area contributed by atoms with Crippen LogP contribution in [0.2, 0.25) is 0 Å². The Hall–Kier alpha value is -1.20. The maximum Gasteiger partial charge on any atom is 0.135 e. The van der Waals surface area contributed by atoms with E-state index in [-0.39, 0.29) is 0 Å². The highest BCUT2D eigenvalue weighted by Gasteiger charge is 2.21. The predicted molar refractivity (Wildman–Crippen MR) is 55.4 cm³/mol. The number of hydrogen-bond acceptors (Lipinski definition) is 5. The van der Waals surface area contributed by atoms with Gasteiger partial charge in [0.25, 0.3) is 0 Å². The van der Waals surface area contributed by atoms with E-state index in [1.165, 1.54) is 0 Å². The largest absolute Gasteiger partial charge is 0.370 e. The summed E-state index contributed by atoms with van der Waals surface area (Å²) in [7, 11) is 0. The lowest BCUT2D eigenvalue weighted by molar-refractivity contribution is 0.133. The minimum Gasteiger partial charge on any atom is -0.370 e. The molecule has 0 bridgehead atoms. The smallest absolute Gasteiger partial charge is 0.135 e. The van der Waals surface area contributed by atoms with Crippen LogP contribution in [-0.4, -0.2) is 29.1 Å². The molecule has 5 nitrogen and oxygen atoms in total. The van der Waals surface area contributed by atoms with Crippen LogP contribution < -0.4 is 10.6 Å². The molecule has 1 fully saturated rings. The van der Waals surface area contributed by atoms with Crippen molar-refractivity contribution in [2.24, 2.45) is 0 Å². The Morgan fingerprint density at radius 3 is 3.27 bits per heavy atom. The second-order valence-corrected chi connectivity index (χ2v) is 3.97. The molecule has 0 radical (unpaired) electrons. The molecule has 2 aliphatic rings. The van der Waals surface area contributed by atoms with E-state index < -0.39 is 0 Å². The lowest BCUT2D eigenvalue weighted by Crippen LogP contribution is -2.23. The fourth-order valence-electron chi connectivity index (χ4n) is 2.07. The first-order valence-corrected chi connectivity index (χ1v) is 5.31. The molecule has 80 valence electrons. The van der Waals surface area contributed by atoms with Crippen molar-refractivity contribution in [3.63, 3.8) is 0 Å². The van der Waals surface area contributed by atoms with E-state index in [0.29, 0.717) is 19.3 Å². The summed E-state index contributed by atoms with van der Waals surface area (Å²) in [5, 5.41) is 6.77. The van der Waals surface area contributed by atoms with Crippen LogP contribution >= 0.6 is 0 Å². The van der Waals surface area contributed by atoms with Crippen molar-refractivity contribution in [1.29, 1.82) is 0 Å². The fraction of sp³-hybridized carbons (Fsp3) is 0.600. The number of aromatic nitrogens is 2. The SMILES string of the molecule is c1nc2c(c(NC3CCNC3)n1)COC2. The van der Waals surface area contributed by atoms with Gasteiger partial charge in [0.05, 0.1) is 18.9 Å². The number of anilines is 1. The minimum absolute atomic E-state index is 0.490. The lowest BCUT2D eigenvalue weighted by atomic mass is 10.2. The predicted octanol–water partition coefficient (Wildman–Crippen LogP) is 0.281. The van der Waals surface area contributed by atoms with Crippen molar-refractivity contribution in [3.05, 3.63) is 17.6 Å². The number of ether oxygens (including phenoxy) is 1. The standard InChI is InChI=1S/C10H14N4O/c1-2-11-3-7(1)14-10-8-4-15-5-9(8)12-6-13-10/h6-7,11H,1-5H2,(H,12,13,14). The molecule has 2 N–H and O–H groups in total. The molecule has 5 heteroatoms. The van der Waals surface area contributed by atoms with Crippen LogP contribution in [0.1, 0.15) is 17.7 Å². The average molecular weight is 206 g/mol. The van der Waals surface area contributed by atoms with E-state index in [0.717, 1.165) is 36.6 Å². The third kappa shape index (κ3) is 1.68. The second-order valence-electron chi connectivity index (χ2n) is 3.97. The number of nitrogens with one attached hydrogen (secondary N) is 2. The van der Waals surface area contributed by atoms with Crippen LogP contribution in [0.15, 0.2) is 6.33 Å². The normalized spacial score (nSPS) is 24.1. The highest BCUT2D eigenvalue weighted by Crippen LogP contribution is 2.24. The third-order valence-electron chi connectivity index (χ3n) is 2.92. The maximum atomic E-state index is 5.36. The van der Waals surface area contributed by atoms with Crippen molar-refractivity contribution >= 4 is 5.82 Å². The van der Waals surface area contributed by atoms with E-state index in [1.807, 2.05) is 0 Å². The Morgan fingerprint density at radius 2 is 2.40 bits per heavy atom. The molecule has 2 aliphatic heterocycles. The minimum atomic E-state index is 0.490. The summed E-state index contributed by atoms with van der Waals surface area (Å²) in [6.07, 6.45) is 2.76. The van der Waals surface area contributed by atoms with E-state index >= 15 is 0 Å². The molecule has 0 spiro atoms. The first-order valence-electron chi connectivity index (χ1n) is 5.31. The van der Waals surface area contributed by atoms with E-state index in [9.17, 15) is 0 Å². The molecule has 15 heavy (non-hydrogen) atoms. The molecule has 3 heterocycles. The zero-order valence-corrected chi connectivity index (χ0v) is 8.49. The van der Waals surface area contributed by atoms with E-state index in [2.05, 4.69) is 20.6 Å². The second kappa shape index (κ2) is 3.75. The Balaban J connectivity index is 1.82. The van der Waals surface area contributed by atoms with Crippen molar-refractivity contribution < 1.29 is 4.74 Å². The summed E-state index contributed by atoms with van der Waals surface area (Å²) in [6, 6.07) is 0.490. The number of fused-ring (bicyclic) bond motifs is 1. The van der Waals surface area contributed by atoms with Crippen LogP contribution in [0.3, 0.4) is 0 Å². The monoisotopic (exact) mass is 206 g/mol. The van der Waals surface area contributed by atoms with Gasteiger partial charge in [-0.25, -0.2) is 9.97 Å². The molecular weight excluding hydrogens is 192 g/mol. The van der Waals surface area contributed by atoms with E-state index in [1.54, 1.807) is 6.33 Å². The summed E-state index contributed by atoms with van der Waals surface area (Å²) >= 11 is 0. The molecule has 3 rings (SSSR count). The van der Waals surface area contributed by atoms with Crippen molar-refractivity contribution in [2.75, 3.05) is 18.4 Å². The Bertz CT molecular complexity index is 362. The third-order valence-corrected chi connectivity index (χ3v) is 2.92. The van der Waals surface area contributed by atoms with Crippen molar-refractivity contribution in [3.8, 4) is 0 Å². The first-order chi connectivity index (χ1) is 7.43. The summed E-state index contributed by atoms with van der Waals surface area (Å²) in [5.74, 6) is 0.950.